The highest BCUT2D eigenvalue weighted by atomic mass is 35.5. The van der Waals surface area contributed by atoms with Gasteiger partial charge in [0.2, 0.25) is 0 Å². The molecule has 0 aromatic carbocycles. The summed E-state index contributed by atoms with van der Waals surface area (Å²) in [6.07, 6.45) is 4.82. The minimum atomic E-state index is 0.710. The number of unbranched alkanes of at least 4 members (excludes halogenated alkanes) is 2. The minimum absolute atomic E-state index is 0.710. The molecule has 0 aliphatic rings. The van der Waals surface area contributed by atoms with Gasteiger partial charge in [0.15, 0.2) is 0 Å². The zero-order valence-corrected chi connectivity index (χ0v) is 13.1. The standard InChI is InChI=1S/C15H26ClN3/c1-4-6-10-19(11-7-5-2)15-9-8-13(16)14(18-15)12-17-3/h8-9,17H,4-7,10-12H2,1-3H3. The van der Waals surface area contributed by atoms with E-state index in [0.29, 0.717) is 6.54 Å². The first kappa shape index (κ1) is 16.3. The SMILES string of the molecule is CCCCN(CCCC)c1ccc(Cl)c(CNC)n1. The number of aromatic nitrogens is 1. The van der Waals surface area contributed by atoms with Crippen LogP contribution in [0.4, 0.5) is 5.82 Å². The van der Waals surface area contributed by atoms with E-state index in [4.69, 9.17) is 16.6 Å². The van der Waals surface area contributed by atoms with Gasteiger partial charge in [-0.1, -0.05) is 38.3 Å². The van der Waals surface area contributed by atoms with E-state index in [1.165, 1.54) is 25.7 Å². The van der Waals surface area contributed by atoms with E-state index in [2.05, 4.69) is 24.1 Å². The fourth-order valence-electron chi connectivity index (χ4n) is 1.98. The predicted octanol–water partition coefficient (Wildman–Crippen LogP) is 3.86. The molecule has 0 saturated heterocycles. The van der Waals surface area contributed by atoms with Crippen molar-refractivity contribution < 1.29 is 0 Å². The van der Waals surface area contributed by atoms with Gasteiger partial charge in [-0.3, -0.25) is 0 Å². The van der Waals surface area contributed by atoms with Gasteiger partial charge in [0.1, 0.15) is 5.82 Å². The summed E-state index contributed by atoms with van der Waals surface area (Å²) in [7, 11) is 1.91. The molecule has 1 heterocycles. The maximum atomic E-state index is 6.17. The van der Waals surface area contributed by atoms with Crippen molar-refractivity contribution in [3.05, 3.63) is 22.8 Å². The van der Waals surface area contributed by atoms with Crippen molar-refractivity contribution in [1.29, 1.82) is 0 Å². The number of pyridine rings is 1. The largest absolute Gasteiger partial charge is 0.357 e. The lowest BCUT2D eigenvalue weighted by atomic mass is 10.2. The molecule has 0 spiro atoms. The Morgan fingerprint density at radius 1 is 1.16 bits per heavy atom. The Morgan fingerprint density at radius 2 is 1.79 bits per heavy atom. The number of anilines is 1. The summed E-state index contributed by atoms with van der Waals surface area (Å²) in [6, 6.07) is 3.99. The molecule has 0 fully saturated rings. The molecule has 0 unspecified atom stereocenters. The molecular weight excluding hydrogens is 258 g/mol. The summed E-state index contributed by atoms with van der Waals surface area (Å²) in [5, 5.41) is 3.85. The van der Waals surface area contributed by atoms with Crippen LogP contribution < -0.4 is 10.2 Å². The van der Waals surface area contributed by atoms with Crippen LogP contribution in [0.5, 0.6) is 0 Å². The lowest BCUT2D eigenvalue weighted by Crippen LogP contribution is -2.27. The highest BCUT2D eigenvalue weighted by Gasteiger charge is 2.10. The molecule has 108 valence electrons. The molecule has 0 saturated carbocycles. The fraction of sp³-hybridized carbons (Fsp3) is 0.667. The third-order valence-corrected chi connectivity index (χ3v) is 3.48. The van der Waals surface area contributed by atoms with Crippen molar-refractivity contribution in [3.63, 3.8) is 0 Å². The number of nitrogens with zero attached hydrogens (tertiary/aromatic N) is 2. The quantitative estimate of drug-likeness (QED) is 0.746. The molecular formula is C15H26ClN3. The van der Waals surface area contributed by atoms with E-state index in [0.717, 1.165) is 29.6 Å². The van der Waals surface area contributed by atoms with Gasteiger partial charge in [-0.05, 0) is 32.0 Å². The van der Waals surface area contributed by atoms with Crippen molar-refractivity contribution in [1.82, 2.24) is 10.3 Å². The summed E-state index contributed by atoms with van der Waals surface area (Å²) in [4.78, 5) is 7.08. The van der Waals surface area contributed by atoms with E-state index >= 15 is 0 Å². The molecule has 1 aromatic heterocycles. The first-order chi connectivity index (χ1) is 9.22. The average Bonchev–Trinajstić information content (AvgIpc) is 2.42. The van der Waals surface area contributed by atoms with E-state index in [1.807, 2.05) is 19.2 Å². The second-order valence-electron chi connectivity index (χ2n) is 4.82. The smallest absolute Gasteiger partial charge is 0.128 e. The summed E-state index contributed by atoms with van der Waals surface area (Å²) >= 11 is 6.17. The Morgan fingerprint density at radius 3 is 2.32 bits per heavy atom. The maximum Gasteiger partial charge on any atom is 0.128 e. The summed E-state index contributed by atoms with van der Waals surface area (Å²) in [6.45, 7) is 7.30. The van der Waals surface area contributed by atoms with Crippen molar-refractivity contribution >= 4 is 17.4 Å². The van der Waals surface area contributed by atoms with Crippen LogP contribution >= 0.6 is 11.6 Å². The zero-order chi connectivity index (χ0) is 14.1. The normalized spacial score (nSPS) is 10.7. The first-order valence-electron chi connectivity index (χ1n) is 7.27. The maximum absolute atomic E-state index is 6.17. The number of hydrogen-bond acceptors (Lipinski definition) is 3. The lowest BCUT2D eigenvalue weighted by Gasteiger charge is -2.24. The van der Waals surface area contributed by atoms with Crippen LogP contribution in [0, 0.1) is 0 Å². The highest BCUT2D eigenvalue weighted by molar-refractivity contribution is 6.31. The second kappa shape index (κ2) is 9.16. The van der Waals surface area contributed by atoms with Gasteiger partial charge < -0.3 is 10.2 Å². The lowest BCUT2D eigenvalue weighted by molar-refractivity contribution is 0.668. The predicted molar refractivity (Wildman–Crippen MR) is 84.0 cm³/mol. The molecule has 0 aliphatic heterocycles. The van der Waals surface area contributed by atoms with Crippen LogP contribution in [0.1, 0.15) is 45.2 Å². The minimum Gasteiger partial charge on any atom is -0.357 e. The summed E-state index contributed by atoms with van der Waals surface area (Å²) in [5.74, 6) is 1.05. The van der Waals surface area contributed by atoms with Crippen molar-refractivity contribution in [2.24, 2.45) is 0 Å². The van der Waals surface area contributed by atoms with Crippen LogP contribution in [-0.2, 0) is 6.54 Å². The zero-order valence-electron chi connectivity index (χ0n) is 12.4. The second-order valence-corrected chi connectivity index (χ2v) is 5.23. The number of nitrogens with one attached hydrogen (secondary N) is 1. The van der Waals surface area contributed by atoms with Crippen LogP contribution in [0.2, 0.25) is 5.02 Å². The third-order valence-electron chi connectivity index (χ3n) is 3.14. The molecule has 3 nitrogen and oxygen atoms in total. The van der Waals surface area contributed by atoms with Gasteiger partial charge in [-0.25, -0.2) is 4.98 Å². The van der Waals surface area contributed by atoms with E-state index in [-0.39, 0.29) is 0 Å². The number of halogens is 1. The Bertz CT molecular complexity index is 360. The van der Waals surface area contributed by atoms with Crippen molar-refractivity contribution in [2.75, 3.05) is 25.0 Å². The number of rotatable bonds is 9. The Labute approximate surface area is 122 Å². The molecule has 1 N–H and O–H groups in total. The van der Waals surface area contributed by atoms with Crippen LogP contribution in [-0.4, -0.2) is 25.1 Å². The summed E-state index contributed by atoms with van der Waals surface area (Å²) in [5.41, 5.74) is 0.930. The molecule has 1 aromatic rings. The van der Waals surface area contributed by atoms with Gasteiger partial charge in [-0.2, -0.15) is 0 Å². The van der Waals surface area contributed by atoms with E-state index < -0.39 is 0 Å². The molecule has 0 atom stereocenters. The third kappa shape index (κ3) is 5.37. The highest BCUT2D eigenvalue weighted by Crippen LogP contribution is 2.20. The van der Waals surface area contributed by atoms with Crippen molar-refractivity contribution in [3.8, 4) is 0 Å². The Hall–Kier alpha value is -0.800. The molecule has 0 amide bonds. The van der Waals surface area contributed by atoms with Crippen LogP contribution in [0.15, 0.2) is 12.1 Å². The number of hydrogen-bond donors (Lipinski definition) is 1. The van der Waals surface area contributed by atoms with Gasteiger partial charge in [-0.15, -0.1) is 0 Å². The Kier molecular flexibility index (Phi) is 7.84. The Balaban J connectivity index is 2.83. The molecule has 19 heavy (non-hydrogen) atoms. The molecule has 0 bridgehead atoms. The van der Waals surface area contributed by atoms with Gasteiger partial charge in [0.25, 0.3) is 0 Å². The van der Waals surface area contributed by atoms with E-state index in [9.17, 15) is 0 Å². The molecule has 4 heteroatoms. The average molecular weight is 284 g/mol. The van der Waals surface area contributed by atoms with Crippen molar-refractivity contribution in [2.45, 2.75) is 46.1 Å². The fourth-order valence-corrected chi connectivity index (χ4v) is 2.15. The topological polar surface area (TPSA) is 28.2 Å². The first-order valence-corrected chi connectivity index (χ1v) is 7.65. The van der Waals surface area contributed by atoms with Gasteiger partial charge in [0.05, 0.1) is 10.7 Å². The van der Waals surface area contributed by atoms with E-state index in [1.54, 1.807) is 0 Å². The summed E-state index contributed by atoms with van der Waals surface area (Å²) < 4.78 is 0. The van der Waals surface area contributed by atoms with Gasteiger partial charge >= 0.3 is 0 Å². The molecule has 0 radical (unpaired) electrons. The molecule has 0 aliphatic carbocycles. The molecule has 1 rings (SSSR count). The van der Waals surface area contributed by atoms with Crippen LogP contribution in [0.3, 0.4) is 0 Å². The van der Waals surface area contributed by atoms with Crippen LogP contribution in [0.25, 0.3) is 0 Å². The monoisotopic (exact) mass is 283 g/mol. The van der Waals surface area contributed by atoms with Gasteiger partial charge in [0, 0.05) is 19.6 Å².